The van der Waals surface area contributed by atoms with Crippen molar-refractivity contribution in [1.29, 1.82) is 0 Å². The van der Waals surface area contributed by atoms with Crippen LogP contribution in [0.25, 0.3) is 11.1 Å². The minimum Gasteiger partial charge on any atom is -0.380 e. The number of anilines is 2. The molecule has 5 aromatic carbocycles. The Morgan fingerprint density at radius 2 is 1.50 bits per heavy atom. The Balaban J connectivity index is 0.981. The lowest BCUT2D eigenvalue weighted by molar-refractivity contribution is -0.0435. The van der Waals surface area contributed by atoms with Gasteiger partial charge >= 0.3 is 5.51 Å². The Bertz CT molecular complexity index is 2600. The van der Waals surface area contributed by atoms with Crippen LogP contribution in [0.2, 0.25) is 5.02 Å². The second-order valence-corrected chi connectivity index (χ2v) is 23.4. The van der Waals surface area contributed by atoms with Crippen LogP contribution in [0, 0.1) is 5.92 Å². The van der Waals surface area contributed by atoms with Gasteiger partial charge in [0.2, 0.25) is 0 Å². The number of benzene rings is 5. The lowest BCUT2D eigenvalue weighted by Gasteiger charge is -2.36. The molecule has 0 aromatic heterocycles. The summed E-state index contributed by atoms with van der Waals surface area (Å²) in [5.74, 6) is 0.161. The van der Waals surface area contributed by atoms with Crippen molar-refractivity contribution in [2.75, 3.05) is 81.2 Å². The number of amides is 1. The third-order valence-corrected chi connectivity index (χ3v) is 18.3. The van der Waals surface area contributed by atoms with Gasteiger partial charge in [0, 0.05) is 78.4 Å². The fraction of sp³-hybridized carbons (Fsp3) is 0.392. The Hall–Kier alpha value is -4.03. The highest BCUT2D eigenvalue weighted by Gasteiger charge is 2.48. The lowest BCUT2D eigenvalue weighted by Crippen LogP contribution is -2.46. The predicted molar refractivity (Wildman–Crippen MR) is 278 cm³/mol. The van der Waals surface area contributed by atoms with Crippen molar-refractivity contribution < 1.29 is 39.6 Å². The first-order valence-corrected chi connectivity index (χ1v) is 28.9. The van der Waals surface area contributed by atoms with E-state index >= 15 is 0 Å². The number of thioether (sulfide) groups is 1. The highest BCUT2D eigenvalue weighted by atomic mass is 35.5. The maximum absolute atomic E-state index is 14.3. The van der Waals surface area contributed by atoms with E-state index in [-0.39, 0.29) is 16.1 Å². The molecule has 1 amide bonds. The quantitative estimate of drug-likeness (QED) is 0.0509. The molecule has 0 bridgehead atoms. The van der Waals surface area contributed by atoms with E-state index in [0.717, 1.165) is 92.6 Å². The lowest BCUT2D eigenvalue weighted by atomic mass is 9.98. The number of sulfone groups is 1. The van der Waals surface area contributed by atoms with Gasteiger partial charge in [-0.1, -0.05) is 66.2 Å². The maximum atomic E-state index is 14.3. The zero-order valence-corrected chi connectivity index (χ0v) is 43.4. The van der Waals surface area contributed by atoms with Crippen molar-refractivity contribution in [3.05, 3.63) is 137 Å². The maximum Gasteiger partial charge on any atom is 0.501 e. The van der Waals surface area contributed by atoms with Gasteiger partial charge in [0.1, 0.15) is 4.90 Å². The highest BCUT2D eigenvalue weighted by molar-refractivity contribution is 7.99. The van der Waals surface area contributed by atoms with Gasteiger partial charge in [0.25, 0.3) is 15.7 Å². The predicted octanol–water partition coefficient (Wildman–Crippen LogP) is 11.1. The van der Waals surface area contributed by atoms with Crippen LogP contribution in [0.4, 0.5) is 24.5 Å². The minimum atomic E-state index is -5.92. The molecule has 0 saturated carbocycles. The van der Waals surface area contributed by atoms with Crippen molar-refractivity contribution in [2.45, 2.75) is 65.9 Å². The van der Waals surface area contributed by atoms with Crippen molar-refractivity contribution in [3.8, 4) is 11.1 Å². The summed E-state index contributed by atoms with van der Waals surface area (Å²) in [5, 5.41) is 3.82. The summed E-state index contributed by atoms with van der Waals surface area (Å²) in [6, 6.07) is 35.3. The summed E-state index contributed by atoms with van der Waals surface area (Å²) in [5.41, 5.74) is -1.34. The summed E-state index contributed by atoms with van der Waals surface area (Å²) in [4.78, 5) is 19.9. The number of rotatable bonds is 22. The number of nitrogens with one attached hydrogen (secondary N) is 2. The Morgan fingerprint density at radius 1 is 0.843 bits per heavy atom. The van der Waals surface area contributed by atoms with E-state index in [1.807, 2.05) is 80.6 Å². The summed E-state index contributed by atoms with van der Waals surface area (Å²) >= 11 is 7.64. The van der Waals surface area contributed by atoms with Crippen LogP contribution in [-0.2, 0) is 36.4 Å². The van der Waals surface area contributed by atoms with Gasteiger partial charge in [-0.25, -0.2) is 12.6 Å². The second kappa shape index (κ2) is 25.6. The number of carbonyl (C=O) groups is 1. The SMILES string of the molecule is CCOP(CC1CCN(CCC(CSc2ccccc2)Nc2ccc(S(=O)NC(=O)c3ccc(N4CCN(Cc5ccccc5-c5ccc(Cl)cc5)CC4)cc3)cc2S(=O)(=O)C(F)(F)F)CC1)OCC. The molecule has 2 N–H and O–H groups in total. The van der Waals surface area contributed by atoms with Crippen LogP contribution in [0.3, 0.4) is 0 Å². The van der Waals surface area contributed by atoms with Crippen LogP contribution in [0.15, 0.2) is 136 Å². The number of nitrogens with zero attached hydrogens (tertiary/aromatic N) is 3. The van der Waals surface area contributed by atoms with E-state index in [4.69, 9.17) is 20.6 Å². The fourth-order valence-corrected chi connectivity index (χ4v) is 13.2. The smallest absolute Gasteiger partial charge is 0.380 e. The summed E-state index contributed by atoms with van der Waals surface area (Å²) in [6.07, 6.45) is 3.32. The molecule has 0 radical (unpaired) electrons. The van der Waals surface area contributed by atoms with Gasteiger partial charge in [-0.2, -0.15) is 13.2 Å². The molecule has 70 heavy (non-hydrogen) atoms. The van der Waals surface area contributed by atoms with Crippen LogP contribution in [-0.4, -0.2) is 111 Å². The van der Waals surface area contributed by atoms with E-state index in [1.54, 1.807) is 24.3 Å². The number of piperazine rings is 1. The van der Waals surface area contributed by atoms with Crippen molar-refractivity contribution in [3.63, 3.8) is 0 Å². The molecular formula is C51H60ClF3N5O6PS3. The third kappa shape index (κ3) is 14.8. The highest BCUT2D eigenvalue weighted by Crippen LogP contribution is 2.42. The molecule has 2 unspecified atom stereocenters. The van der Waals surface area contributed by atoms with Crippen molar-refractivity contribution in [2.24, 2.45) is 5.92 Å². The number of halogens is 4. The largest absolute Gasteiger partial charge is 0.501 e. The molecule has 2 fully saturated rings. The Morgan fingerprint density at radius 3 is 2.16 bits per heavy atom. The van der Waals surface area contributed by atoms with Gasteiger partial charge < -0.3 is 24.2 Å². The van der Waals surface area contributed by atoms with E-state index in [1.165, 1.54) is 29.5 Å². The van der Waals surface area contributed by atoms with Crippen LogP contribution >= 0.6 is 31.7 Å². The molecule has 2 aliphatic heterocycles. The average molecular weight is 1060 g/mol. The number of carbonyl (C=O) groups excluding carboxylic acids is 1. The van der Waals surface area contributed by atoms with E-state index in [0.29, 0.717) is 42.9 Å². The first-order chi connectivity index (χ1) is 33.7. The molecule has 2 heterocycles. The zero-order valence-electron chi connectivity index (χ0n) is 39.3. The van der Waals surface area contributed by atoms with E-state index < -0.39 is 51.6 Å². The van der Waals surface area contributed by atoms with Gasteiger partial charge in [-0.3, -0.25) is 14.4 Å². The first kappa shape index (κ1) is 53.8. The van der Waals surface area contributed by atoms with Crippen LogP contribution < -0.4 is 14.9 Å². The van der Waals surface area contributed by atoms with Crippen molar-refractivity contribution >= 4 is 69.8 Å². The number of piperidine rings is 1. The van der Waals surface area contributed by atoms with Crippen LogP contribution in [0.5, 0.6) is 0 Å². The second-order valence-electron chi connectivity index (χ2n) is 17.2. The fourth-order valence-electron chi connectivity index (χ4n) is 8.59. The molecule has 0 spiro atoms. The van der Waals surface area contributed by atoms with Gasteiger partial charge in [0.15, 0.2) is 19.4 Å². The third-order valence-electron chi connectivity index (χ3n) is 12.4. The van der Waals surface area contributed by atoms with E-state index in [9.17, 15) is 30.6 Å². The zero-order chi connectivity index (χ0) is 49.7. The van der Waals surface area contributed by atoms with Crippen LogP contribution in [0.1, 0.15) is 49.0 Å². The van der Waals surface area contributed by atoms with E-state index in [2.05, 4.69) is 36.9 Å². The molecular weight excluding hydrogens is 998 g/mol. The number of hydrogen-bond acceptors (Lipinski definition) is 11. The summed E-state index contributed by atoms with van der Waals surface area (Å²) < 4.78 is 97.0. The molecule has 2 saturated heterocycles. The Kier molecular flexibility index (Phi) is 19.6. The average Bonchev–Trinajstić information content (AvgIpc) is 3.36. The summed E-state index contributed by atoms with van der Waals surface area (Å²) in [6.45, 7) is 11.4. The standard InChI is InChI=1S/C51H60ClF3N5O6PS3/c1-3-65-67(66-4-2)36-38-24-27-58(28-25-38)29-26-43(37-68-45-11-6-5-7-12-45)56-48-23-22-46(34-49(48)70(63,64)51(53,54)55)69(62)57-50(61)40-16-20-44(21-17-40)60-32-30-59(31-33-60)35-41-10-8-9-13-47(41)39-14-18-42(52)19-15-39/h5-23,34,38,43,56H,3-4,24-33,35-37H2,1-2H3,(H,57,61). The summed E-state index contributed by atoms with van der Waals surface area (Å²) in [7, 11) is -9.26. The van der Waals surface area contributed by atoms with Gasteiger partial charge in [-0.05, 0) is 136 Å². The molecule has 2 atom stereocenters. The van der Waals surface area contributed by atoms with Crippen molar-refractivity contribution in [1.82, 2.24) is 14.5 Å². The first-order valence-electron chi connectivity index (χ1n) is 23.5. The normalized spacial score (nSPS) is 16.3. The monoisotopic (exact) mass is 1060 g/mol. The number of alkyl halides is 3. The topological polar surface area (TPSA) is 121 Å². The molecule has 7 rings (SSSR count). The van der Waals surface area contributed by atoms with Gasteiger partial charge in [-0.15, -0.1) is 11.8 Å². The number of hydrogen-bond donors (Lipinski definition) is 2. The number of likely N-dealkylation sites (tertiary alicyclic amines) is 1. The molecule has 19 heteroatoms. The molecule has 2 aliphatic rings. The minimum absolute atomic E-state index is 0.181. The molecule has 5 aromatic rings. The Labute approximate surface area is 423 Å². The molecule has 0 aliphatic carbocycles. The van der Waals surface area contributed by atoms with Gasteiger partial charge in [0.05, 0.1) is 23.8 Å². The molecule has 11 nitrogen and oxygen atoms in total. The molecule has 376 valence electrons.